The Kier molecular flexibility index (Phi) is 7.18. The quantitative estimate of drug-likeness (QED) is 0.187. The van der Waals surface area contributed by atoms with Crippen molar-refractivity contribution in [2.75, 3.05) is 18.8 Å². The third-order valence-electron chi connectivity index (χ3n) is 1.33. The minimum absolute atomic E-state index is 0.226. The van der Waals surface area contributed by atoms with Crippen LogP contribution in [0.3, 0.4) is 0 Å². The Bertz CT molecular complexity index is 203. The van der Waals surface area contributed by atoms with Gasteiger partial charge in [-0.15, -0.1) is 0 Å². The molecule has 0 spiro atoms. The number of nitrogens with two attached hydrogens (primary N) is 1. The molecule has 0 aliphatic carbocycles. The van der Waals surface area contributed by atoms with E-state index in [-0.39, 0.29) is 5.91 Å². The zero-order valence-corrected chi connectivity index (χ0v) is 8.07. The maximum atomic E-state index is 11.0. The Hall–Kier alpha value is -0.910. The van der Waals surface area contributed by atoms with Crippen LogP contribution in [0.5, 0.6) is 0 Å². The van der Waals surface area contributed by atoms with E-state index in [0.29, 0.717) is 25.3 Å². The second kappa shape index (κ2) is 7.72. The van der Waals surface area contributed by atoms with Gasteiger partial charge in [0.25, 0.3) is 0 Å². The standard InChI is InChI=1S/C6H13N5OS/c7-5(4-13)6(12)9-2-1-3-10-11-8/h5,13H,1-4,7H2,(H,9,12)/t5-/m0/s1. The average Bonchev–Trinajstić information content (AvgIpc) is 2.16. The molecule has 0 bridgehead atoms. The number of carbonyl (C=O) groups is 1. The normalized spacial score (nSPS) is 11.5. The van der Waals surface area contributed by atoms with E-state index in [1.165, 1.54) is 0 Å². The van der Waals surface area contributed by atoms with Gasteiger partial charge in [0.15, 0.2) is 0 Å². The summed E-state index contributed by atoms with van der Waals surface area (Å²) in [7, 11) is 0. The zero-order chi connectivity index (χ0) is 10.1. The minimum Gasteiger partial charge on any atom is -0.355 e. The highest BCUT2D eigenvalue weighted by Crippen LogP contribution is 1.84. The van der Waals surface area contributed by atoms with E-state index in [1.807, 2.05) is 0 Å². The fourth-order valence-electron chi connectivity index (χ4n) is 0.620. The monoisotopic (exact) mass is 203 g/mol. The summed E-state index contributed by atoms with van der Waals surface area (Å²) in [4.78, 5) is 13.6. The molecule has 0 aliphatic rings. The van der Waals surface area contributed by atoms with Crippen molar-refractivity contribution in [2.24, 2.45) is 10.8 Å². The number of carbonyl (C=O) groups excluding carboxylic acids is 1. The molecule has 1 amide bonds. The van der Waals surface area contributed by atoms with E-state index in [4.69, 9.17) is 11.3 Å². The summed E-state index contributed by atoms with van der Waals surface area (Å²) >= 11 is 3.88. The number of hydrogen-bond donors (Lipinski definition) is 3. The van der Waals surface area contributed by atoms with Crippen molar-refractivity contribution >= 4 is 18.5 Å². The lowest BCUT2D eigenvalue weighted by molar-refractivity contribution is -0.121. The molecule has 0 saturated heterocycles. The van der Waals surface area contributed by atoms with Crippen LogP contribution >= 0.6 is 12.6 Å². The molecule has 0 aromatic carbocycles. The number of nitrogens with one attached hydrogen (secondary N) is 1. The molecule has 0 aromatic rings. The SMILES string of the molecule is [N-]=[N+]=NCCCNC(=O)[C@@H](N)CS. The molecule has 0 rings (SSSR count). The van der Waals surface area contributed by atoms with Crippen LogP contribution in [-0.2, 0) is 4.79 Å². The van der Waals surface area contributed by atoms with Crippen LogP contribution < -0.4 is 11.1 Å². The first kappa shape index (κ1) is 12.1. The fraction of sp³-hybridized carbons (Fsp3) is 0.833. The van der Waals surface area contributed by atoms with Gasteiger partial charge in [-0.1, -0.05) is 5.11 Å². The summed E-state index contributed by atoms with van der Waals surface area (Å²) in [6.07, 6.45) is 0.620. The summed E-state index contributed by atoms with van der Waals surface area (Å²) in [6, 6.07) is -0.567. The maximum Gasteiger partial charge on any atom is 0.237 e. The number of hydrogen-bond acceptors (Lipinski definition) is 4. The Labute approximate surface area is 81.9 Å². The van der Waals surface area contributed by atoms with Crippen LogP contribution in [0.2, 0.25) is 0 Å². The van der Waals surface area contributed by atoms with E-state index in [0.717, 1.165) is 0 Å². The van der Waals surface area contributed by atoms with Gasteiger partial charge in [-0.05, 0) is 12.0 Å². The Balaban J connectivity index is 3.42. The number of thiol groups is 1. The highest BCUT2D eigenvalue weighted by molar-refractivity contribution is 7.80. The molecular weight excluding hydrogens is 190 g/mol. The third-order valence-corrected chi connectivity index (χ3v) is 1.72. The molecule has 0 unspecified atom stereocenters. The van der Waals surface area contributed by atoms with Crippen LogP contribution in [0.4, 0.5) is 0 Å². The number of azide groups is 1. The molecule has 13 heavy (non-hydrogen) atoms. The van der Waals surface area contributed by atoms with E-state index >= 15 is 0 Å². The van der Waals surface area contributed by atoms with Gasteiger partial charge in [-0.25, -0.2) is 0 Å². The molecule has 0 aliphatic heterocycles. The highest BCUT2D eigenvalue weighted by Gasteiger charge is 2.09. The van der Waals surface area contributed by atoms with Crippen LogP contribution in [-0.4, -0.2) is 30.8 Å². The van der Waals surface area contributed by atoms with Gasteiger partial charge in [0.1, 0.15) is 0 Å². The molecule has 3 N–H and O–H groups in total. The Morgan fingerprint density at radius 1 is 1.77 bits per heavy atom. The molecule has 0 fully saturated rings. The lowest BCUT2D eigenvalue weighted by atomic mass is 10.3. The predicted molar refractivity (Wildman–Crippen MR) is 53.5 cm³/mol. The molecule has 7 heteroatoms. The third kappa shape index (κ3) is 6.27. The first-order chi connectivity index (χ1) is 6.22. The average molecular weight is 203 g/mol. The smallest absolute Gasteiger partial charge is 0.237 e. The van der Waals surface area contributed by atoms with E-state index in [2.05, 4.69) is 28.0 Å². The van der Waals surface area contributed by atoms with Gasteiger partial charge in [0, 0.05) is 23.8 Å². The van der Waals surface area contributed by atoms with Gasteiger partial charge in [-0.3, -0.25) is 4.79 Å². The highest BCUT2D eigenvalue weighted by atomic mass is 32.1. The summed E-state index contributed by atoms with van der Waals surface area (Å²) in [6.45, 7) is 0.853. The van der Waals surface area contributed by atoms with Crippen molar-refractivity contribution in [1.29, 1.82) is 0 Å². The summed E-state index contributed by atoms with van der Waals surface area (Å²) in [5.41, 5.74) is 13.3. The predicted octanol–water partition coefficient (Wildman–Crippen LogP) is 0.0601. The molecule has 74 valence electrons. The van der Waals surface area contributed by atoms with Crippen molar-refractivity contribution in [1.82, 2.24) is 5.32 Å². The number of amides is 1. The zero-order valence-electron chi connectivity index (χ0n) is 7.18. The number of rotatable bonds is 6. The topological polar surface area (TPSA) is 104 Å². The van der Waals surface area contributed by atoms with Crippen LogP contribution in [0.1, 0.15) is 6.42 Å². The van der Waals surface area contributed by atoms with Crippen molar-refractivity contribution in [3.63, 3.8) is 0 Å². The van der Waals surface area contributed by atoms with E-state index < -0.39 is 6.04 Å². The van der Waals surface area contributed by atoms with E-state index in [9.17, 15) is 4.79 Å². The van der Waals surface area contributed by atoms with Crippen LogP contribution in [0.15, 0.2) is 5.11 Å². The minimum atomic E-state index is -0.567. The second-order valence-electron chi connectivity index (χ2n) is 2.39. The molecule has 0 aromatic heterocycles. The van der Waals surface area contributed by atoms with Gasteiger partial charge in [0.2, 0.25) is 5.91 Å². The van der Waals surface area contributed by atoms with Crippen molar-refractivity contribution in [3.8, 4) is 0 Å². The first-order valence-electron chi connectivity index (χ1n) is 3.87. The molecular formula is C6H13N5OS. The molecule has 1 atom stereocenters. The maximum absolute atomic E-state index is 11.0. The van der Waals surface area contributed by atoms with Gasteiger partial charge in [-0.2, -0.15) is 12.6 Å². The summed E-state index contributed by atoms with van der Waals surface area (Å²) < 4.78 is 0. The Morgan fingerprint density at radius 3 is 3.00 bits per heavy atom. The molecule has 0 radical (unpaired) electrons. The fourth-order valence-corrected chi connectivity index (χ4v) is 0.786. The first-order valence-corrected chi connectivity index (χ1v) is 4.50. The molecule has 6 nitrogen and oxygen atoms in total. The number of nitrogens with zero attached hydrogens (tertiary/aromatic N) is 3. The van der Waals surface area contributed by atoms with Crippen LogP contribution in [0.25, 0.3) is 10.4 Å². The lowest BCUT2D eigenvalue weighted by Gasteiger charge is -2.08. The second-order valence-corrected chi connectivity index (χ2v) is 2.75. The van der Waals surface area contributed by atoms with Crippen LogP contribution in [0, 0.1) is 0 Å². The van der Waals surface area contributed by atoms with Gasteiger partial charge in [0.05, 0.1) is 6.04 Å². The largest absolute Gasteiger partial charge is 0.355 e. The summed E-state index contributed by atoms with van der Waals surface area (Å²) in [5, 5.41) is 5.91. The van der Waals surface area contributed by atoms with Crippen molar-refractivity contribution in [2.45, 2.75) is 12.5 Å². The molecule has 0 saturated carbocycles. The van der Waals surface area contributed by atoms with Crippen molar-refractivity contribution < 1.29 is 4.79 Å². The molecule has 0 heterocycles. The lowest BCUT2D eigenvalue weighted by Crippen LogP contribution is -2.42. The summed E-state index contributed by atoms with van der Waals surface area (Å²) in [5.74, 6) is 0.0956. The van der Waals surface area contributed by atoms with Gasteiger partial charge >= 0.3 is 0 Å². The van der Waals surface area contributed by atoms with E-state index in [1.54, 1.807) is 0 Å². The van der Waals surface area contributed by atoms with Gasteiger partial charge < -0.3 is 11.1 Å². The Morgan fingerprint density at radius 2 is 2.46 bits per heavy atom. The van der Waals surface area contributed by atoms with Crippen molar-refractivity contribution in [3.05, 3.63) is 10.4 Å².